The number of pyridine rings is 1. The summed E-state index contributed by atoms with van der Waals surface area (Å²) < 4.78 is 19.8. The van der Waals surface area contributed by atoms with E-state index < -0.39 is 5.82 Å². The molecule has 1 aromatic carbocycles. The Hall–Kier alpha value is -3.79. The molecule has 1 fully saturated rings. The Morgan fingerprint density at radius 3 is 2.68 bits per heavy atom. The number of ether oxygens (including phenoxy) is 1. The molecule has 178 valence electrons. The number of hydrogen-bond donors (Lipinski definition) is 3. The van der Waals surface area contributed by atoms with Crippen molar-refractivity contribution in [2.45, 2.75) is 25.8 Å². The molecule has 0 bridgehead atoms. The third-order valence-corrected chi connectivity index (χ3v) is 5.68. The van der Waals surface area contributed by atoms with Gasteiger partial charge in [0.1, 0.15) is 0 Å². The van der Waals surface area contributed by atoms with Gasteiger partial charge in [0.05, 0.1) is 31.6 Å². The highest BCUT2D eigenvalue weighted by atomic mass is 19.1. The second-order valence-electron chi connectivity index (χ2n) is 8.12. The maximum atomic E-state index is 14.7. The highest BCUT2D eigenvalue weighted by Gasteiger charge is 2.23. The van der Waals surface area contributed by atoms with Crippen LogP contribution in [0.25, 0.3) is 0 Å². The number of benzene rings is 1. The Bertz CT molecular complexity index is 1140. The van der Waals surface area contributed by atoms with Gasteiger partial charge in [0.2, 0.25) is 5.95 Å². The molecular formula is C24H28FN7O2. The van der Waals surface area contributed by atoms with E-state index >= 15 is 0 Å². The molecule has 1 saturated heterocycles. The number of amides is 1. The lowest BCUT2D eigenvalue weighted by molar-refractivity contribution is 0.0962. The van der Waals surface area contributed by atoms with E-state index in [2.05, 4.69) is 31.0 Å². The summed E-state index contributed by atoms with van der Waals surface area (Å²) in [7, 11) is 2.91. The number of methoxy groups -OCH3 is 1. The molecule has 0 spiro atoms. The average molecular weight is 466 g/mol. The first-order valence-electron chi connectivity index (χ1n) is 11.1. The van der Waals surface area contributed by atoms with Crippen LogP contribution >= 0.6 is 0 Å². The number of aromatic nitrogens is 3. The van der Waals surface area contributed by atoms with Crippen molar-refractivity contribution in [2.24, 2.45) is 0 Å². The zero-order valence-corrected chi connectivity index (χ0v) is 19.4. The van der Waals surface area contributed by atoms with E-state index in [1.165, 1.54) is 20.2 Å². The molecule has 2 aromatic heterocycles. The summed E-state index contributed by atoms with van der Waals surface area (Å²) in [5.41, 5.74) is 6.96. The summed E-state index contributed by atoms with van der Waals surface area (Å²) in [4.78, 5) is 25.2. The maximum Gasteiger partial charge on any atom is 0.251 e. The van der Waals surface area contributed by atoms with Crippen molar-refractivity contribution in [3.63, 3.8) is 0 Å². The first-order chi connectivity index (χ1) is 16.5. The van der Waals surface area contributed by atoms with Crippen LogP contribution in [0.4, 0.5) is 16.0 Å². The Labute approximate surface area is 197 Å². The first-order valence-corrected chi connectivity index (χ1v) is 11.1. The molecule has 3 aromatic rings. The van der Waals surface area contributed by atoms with Crippen molar-refractivity contribution in [3.8, 4) is 5.75 Å². The van der Waals surface area contributed by atoms with E-state index in [-0.39, 0.29) is 17.7 Å². The van der Waals surface area contributed by atoms with Crippen molar-refractivity contribution >= 4 is 17.5 Å². The van der Waals surface area contributed by atoms with Gasteiger partial charge in [-0.15, -0.1) is 0 Å². The fourth-order valence-electron chi connectivity index (χ4n) is 3.76. The lowest BCUT2D eigenvalue weighted by Gasteiger charge is -2.18. The van der Waals surface area contributed by atoms with Gasteiger partial charge < -0.3 is 20.4 Å². The number of nitrogens with zero attached hydrogens (tertiary/aromatic N) is 4. The van der Waals surface area contributed by atoms with Gasteiger partial charge in [0.25, 0.3) is 5.91 Å². The molecule has 34 heavy (non-hydrogen) atoms. The fourth-order valence-corrected chi connectivity index (χ4v) is 3.76. The number of rotatable bonds is 8. The summed E-state index contributed by atoms with van der Waals surface area (Å²) in [6.07, 6.45) is 6.22. The van der Waals surface area contributed by atoms with Crippen molar-refractivity contribution < 1.29 is 13.9 Å². The van der Waals surface area contributed by atoms with Crippen LogP contribution in [0.5, 0.6) is 5.75 Å². The molecule has 10 heteroatoms. The number of hydrogen-bond acceptors (Lipinski definition) is 8. The van der Waals surface area contributed by atoms with E-state index in [4.69, 9.17) is 4.74 Å². The molecular weight excluding hydrogens is 437 g/mol. The monoisotopic (exact) mass is 465 g/mol. The molecule has 1 amide bonds. The van der Waals surface area contributed by atoms with Gasteiger partial charge in [-0.3, -0.25) is 9.78 Å². The molecule has 1 unspecified atom stereocenters. The third-order valence-electron chi connectivity index (χ3n) is 5.68. The van der Waals surface area contributed by atoms with Crippen molar-refractivity contribution in [1.29, 1.82) is 0 Å². The summed E-state index contributed by atoms with van der Waals surface area (Å²) in [6.45, 7) is 3.45. The Balaban J connectivity index is 1.35. The number of anilines is 2. The Kier molecular flexibility index (Phi) is 7.17. The predicted octanol–water partition coefficient (Wildman–Crippen LogP) is 2.28. The lowest BCUT2D eigenvalue weighted by Crippen LogP contribution is -2.30. The zero-order chi connectivity index (χ0) is 24.1. The lowest BCUT2D eigenvalue weighted by atomic mass is 10.0. The molecule has 3 heterocycles. The van der Waals surface area contributed by atoms with Crippen molar-refractivity contribution in [3.05, 3.63) is 71.1 Å². The molecule has 3 N–H and O–H groups in total. The van der Waals surface area contributed by atoms with Gasteiger partial charge in [-0.25, -0.2) is 19.8 Å². The minimum Gasteiger partial charge on any atom is -0.494 e. The van der Waals surface area contributed by atoms with Crippen LogP contribution in [0, 0.1) is 12.7 Å². The van der Waals surface area contributed by atoms with Crippen LogP contribution in [0.15, 0.2) is 42.9 Å². The summed E-state index contributed by atoms with van der Waals surface area (Å²) in [5, 5.41) is 7.93. The average Bonchev–Trinajstić information content (AvgIpc) is 3.32. The maximum absolute atomic E-state index is 14.7. The largest absolute Gasteiger partial charge is 0.494 e. The molecule has 1 aliphatic heterocycles. The SMILES string of the molecule is CNC(=O)c1cc(CCc2cnc(NC3CNN(c4ccc(C)nc4)C3)nc2)c(F)c(OC)c1. The minimum atomic E-state index is -0.462. The summed E-state index contributed by atoms with van der Waals surface area (Å²) >= 11 is 0. The van der Waals surface area contributed by atoms with Gasteiger partial charge in [0, 0.05) is 37.2 Å². The topological polar surface area (TPSA) is 104 Å². The van der Waals surface area contributed by atoms with Crippen LogP contribution < -0.4 is 25.8 Å². The van der Waals surface area contributed by atoms with Crippen LogP contribution in [0.2, 0.25) is 0 Å². The third kappa shape index (κ3) is 5.40. The molecule has 1 aliphatic rings. The van der Waals surface area contributed by atoms with E-state index in [0.29, 0.717) is 29.9 Å². The normalized spacial score (nSPS) is 15.3. The highest BCUT2D eigenvalue weighted by Crippen LogP contribution is 2.24. The smallest absolute Gasteiger partial charge is 0.251 e. The molecule has 0 saturated carbocycles. The summed E-state index contributed by atoms with van der Waals surface area (Å²) in [5.74, 6) is -0.172. The molecule has 4 rings (SSSR count). The molecule has 0 radical (unpaired) electrons. The highest BCUT2D eigenvalue weighted by molar-refractivity contribution is 5.94. The number of aryl methyl sites for hydroxylation is 3. The van der Waals surface area contributed by atoms with Gasteiger partial charge in [-0.05, 0) is 55.2 Å². The first kappa shape index (κ1) is 23.4. The van der Waals surface area contributed by atoms with Gasteiger partial charge in [0.15, 0.2) is 11.6 Å². The van der Waals surface area contributed by atoms with Crippen molar-refractivity contribution in [2.75, 3.05) is 37.6 Å². The molecule has 9 nitrogen and oxygen atoms in total. The van der Waals surface area contributed by atoms with E-state index in [0.717, 1.165) is 30.0 Å². The number of carbonyl (C=O) groups excluding carboxylic acids is 1. The van der Waals surface area contributed by atoms with Crippen LogP contribution in [0.1, 0.15) is 27.2 Å². The second-order valence-corrected chi connectivity index (χ2v) is 8.12. The number of hydrazine groups is 1. The predicted molar refractivity (Wildman–Crippen MR) is 128 cm³/mol. The van der Waals surface area contributed by atoms with Gasteiger partial charge >= 0.3 is 0 Å². The Morgan fingerprint density at radius 1 is 1.21 bits per heavy atom. The molecule has 1 atom stereocenters. The number of nitrogens with one attached hydrogen (secondary N) is 3. The van der Waals surface area contributed by atoms with E-state index in [1.54, 1.807) is 18.5 Å². The van der Waals surface area contributed by atoms with Gasteiger partial charge in [-0.2, -0.15) is 0 Å². The quantitative estimate of drug-likeness (QED) is 0.466. The van der Waals surface area contributed by atoms with E-state index in [9.17, 15) is 9.18 Å². The standard InChI is InChI=1S/C24H28FN7O2/c1-15-4-7-20(13-27-15)32-14-19(12-30-32)31-24-28-10-16(11-29-24)5-6-17-8-18(23(33)26-2)9-21(34-3)22(17)25/h4,7-11,13,19,30H,5-6,12,14H2,1-3H3,(H,26,33)(H,28,29,31). The molecule has 0 aliphatic carbocycles. The van der Waals surface area contributed by atoms with E-state index in [1.807, 2.05) is 30.3 Å². The van der Waals surface area contributed by atoms with Gasteiger partial charge in [-0.1, -0.05) is 0 Å². The Morgan fingerprint density at radius 2 is 2.00 bits per heavy atom. The summed E-state index contributed by atoms with van der Waals surface area (Å²) in [6, 6.07) is 7.11. The second kappa shape index (κ2) is 10.4. The fraction of sp³-hybridized carbons (Fsp3) is 0.333. The minimum absolute atomic E-state index is 0.0486. The van der Waals surface area contributed by atoms with Crippen LogP contribution in [-0.4, -0.2) is 54.1 Å². The zero-order valence-electron chi connectivity index (χ0n) is 19.4. The van der Waals surface area contributed by atoms with Crippen molar-refractivity contribution in [1.82, 2.24) is 25.7 Å². The number of carbonyl (C=O) groups is 1. The number of halogens is 1. The van der Waals surface area contributed by atoms with Crippen LogP contribution in [0.3, 0.4) is 0 Å². The van der Waals surface area contributed by atoms with Crippen LogP contribution in [-0.2, 0) is 12.8 Å².